The summed E-state index contributed by atoms with van der Waals surface area (Å²) in [4.78, 5) is 24.2. The highest BCUT2D eigenvalue weighted by Crippen LogP contribution is 2.18. The summed E-state index contributed by atoms with van der Waals surface area (Å²) in [6.45, 7) is 4.99. The lowest BCUT2D eigenvalue weighted by atomic mass is 10.2. The number of carboxylic acids is 1. The summed E-state index contributed by atoms with van der Waals surface area (Å²) in [7, 11) is 0. The van der Waals surface area contributed by atoms with Crippen molar-refractivity contribution >= 4 is 29.3 Å². The van der Waals surface area contributed by atoms with Gasteiger partial charge in [-0.1, -0.05) is 17.7 Å². The number of hydrogen-bond acceptors (Lipinski definition) is 2. The first kappa shape index (κ1) is 16.0. The van der Waals surface area contributed by atoms with Crippen LogP contribution < -0.4 is 10.2 Å². The van der Waals surface area contributed by atoms with Crippen LogP contribution >= 0.6 is 11.6 Å². The number of carbonyl (C=O) groups excluding carboxylic acids is 1. The fourth-order valence-corrected chi connectivity index (χ4v) is 1.76. The maximum Gasteiger partial charge on any atom is 0.323 e. The molecule has 2 amide bonds. The SMILES string of the molecule is C=CCC(C)NC(=O)N(CC(=O)O)c1ccc(Cl)cc1. The van der Waals surface area contributed by atoms with Gasteiger partial charge in [0.05, 0.1) is 0 Å². The van der Waals surface area contributed by atoms with Crippen LogP contribution in [0.5, 0.6) is 0 Å². The van der Waals surface area contributed by atoms with Gasteiger partial charge in [0.1, 0.15) is 6.54 Å². The Morgan fingerprint density at radius 3 is 2.55 bits per heavy atom. The van der Waals surface area contributed by atoms with E-state index in [0.29, 0.717) is 17.1 Å². The zero-order valence-electron chi connectivity index (χ0n) is 11.2. The molecule has 0 aliphatic rings. The average Bonchev–Trinajstić information content (AvgIpc) is 2.37. The van der Waals surface area contributed by atoms with Crippen LogP contribution in [-0.4, -0.2) is 29.7 Å². The third kappa shape index (κ3) is 4.93. The highest BCUT2D eigenvalue weighted by atomic mass is 35.5. The number of rotatable bonds is 6. The Labute approximate surface area is 122 Å². The van der Waals surface area contributed by atoms with Crippen molar-refractivity contribution in [2.75, 3.05) is 11.4 Å². The molecule has 0 fully saturated rings. The van der Waals surface area contributed by atoms with Gasteiger partial charge < -0.3 is 10.4 Å². The molecule has 1 aromatic carbocycles. The van der Waals surface area contributed by atoms with E-state index in [-0.39, 0.29) is 6.04 Å². The number of nitrogens with zero attached hydrogens (tertiary/aromatic N) is 1. The minimum Gasteiger partial charge on any atom is -0.480 e. The van der Waals surface area contributed by atoms with Crippen molar-refractivity contribution < 1.29 is 14.7 Å². The predicted molar refractivity (Wildman–Crippen MR) is 79.2 cm³/mol. The number of anilines is 1. The van der Waals surface area contributed by atoms with Gasteiger partial charge in [0.2, 0.25) is 0 Å². The van der Waals surface area contributed by atoms with Crippen LogP contribution in [0.1, 0.15) is 13.3 Å². The predicted octanol–water partition coefficient (Wildman–Crippen LogP) is 2.91. The van der Waals surface area contributed by atoms with Crippen LogP contribution in [0.2, 0.25) is 5.02 Å². The Morgan fingerprint density at radius 2 is 2.05 bits per heavy atom. The normalized spacial score (nSPS) is 11.5. The number of aliphatic carboxylic acids is 1. The molecule has 1 atom stereocenters. The molecule has 0 saturated heterocycles. The second-order valence-electron chi connectivity index (χ2n) is 4.33. The van der Waals surface area contributed by atoms with Crippen LogP contribution in [0.4, 0.5) is 10.5 Å². The van der Waals surface area contributed by atoms with Crippen molar-refractivity contribution in [1.29, 1.82) is 0 Å². The van der Waals surface area contributed by atoms with Crippen molar-refractivity contribution in [2.24, 2.45) is 0 Å². The van der Waals surface area contributed by atoms with Gasteiger partial charge in [-0.25, -0.2) is 4.79 Å². The molecule has 5 nitrogen and oxygen atoms in total. The van der Waals surface area contributed by atoms with Crippen LogP contribution in [0.15, 0.2) is 36.9 Å². The van der Waals surface area contributed by atoms with Gasteiger partial charge in [-0.2, -0.15) is 0 Å². The summed E-state index contributed by atoms with van der Waals surface area (Å²) >= 11 is 5.78. The smallest absolute Gasteiger partial charge is 0.323 e. The topological polar surface area (TPSA) is 69.6 Å². The first-order chi connectivity index (χ1) is 9.43. The van der Waals surface area contributed by atoms with E-state index in [1.165, 1.54) is 0 Å². The number of carbonyl (C=O) groups is 2. The van der Waals surface area contributed by atoms with Crippen LogP contribution in [-0.2, 0) is 4.79 Å². The van der Waals surface area contributed by atoms with E-state index in [4.69, 9.17) is 16.7 Å². The van der Waals surface area contributed by atoms with Crippen molar-refractivity contribution in [3.8, 4) is 0 Å². The van der Waals surface area contributed by atoms with E-state index in [1.54, 1.807) is 30.3 Å². The van der Waals surface area contributed by atoms with E-state index < -0.39 is 18.5 Å². The van der Waals surface area contributed by atoms with Crippen molar-refractivity contribution in [1.82, 2.24) is 5.32 Å². The fourth-order valence-electron chi connectivity index (χ4n) is 1.63. The Kier molecular flexibility index (Phi) is 6.06. The fraction of sp³-hybridized carbons (Fsp3) is 0.286. The molecular weight excluding hydrogens is 280 g/mol. The lowest BCUT2D eigenvalue weighted by Gasteiger charge is -2.23. The van der Waals surface area contributed by atoms with E-state index >= 15 is 0 Å². The first-order valence-corrected chi connectivity index (χ1v) is 6.48. The maximum atomic E-state index is 12.1. The van der Waals surface area contributed by atoms with Gasteiger partial charge in [0, 0.05) is 16.8 Å². The standard InChI is InChI=1S/C14H17ClN2O3/c1-3-4-10(2)16-14(20)17(9-13(18)19)12-7-5-11(15)6-8-12/h3,5-8,10H,1,4,9H2,2H3,(H,16,20)(H,18,19). The number of benzene rings is 1. The largest absolute Gasteiger partial charge is 0.480 e. The van der Waals surface area contributed by atoms with Gasteiger partial charge in [0.25, 0.3) is 0 Å². The molecule has 0 heterocycles. The lowest BCUT2D eigenvalue weighted by Crippen LogP contribution is -2.46. The monoisotopic (exact) mass is 296 g/mol. The molecule has 0 bridgehead atoms. The molecule has 0 saturated carbocycles. The molecule has 2 N–H and O–H groups in total. The van der Waals surface area contributed by atoms with Crippen LogP contribution in [0.3, 0.4) is 0 Å². The highest BCUT2D eigenvalue weighted by Gasteiger charge is 2.19. The Hall–Kier alpha value is -2.01. The molecule has 1 unspecified atom stereocenters. The summed E-state index contributed by atoms with van der Waals surface area (Å²) < 4.78 is 0. The molecule has 0 radical (unpaired) electrons. The minimum atomic E-state index is -1.09. The minimum absolute atomic E-state index is 0.122. The first-order valence-electron chi connectivity index (χ1n) is 6.10. The van der Waals surface area contributed by atoms with Gasteiger partial charge in [-0.3, -0.25) is 9.69 Å². The lowest BCUT2D eigenvalue weighted by molar-refractivity contribution is -0.135. The van der Waals surface area contributed by atoms with Gasteiger partial charge in [0.15, 0.2) is 0 Å². The van der Waals surface area contributed by atoms with Crippen molar-refractivity contribution in [3.63, 3.8) is 0 Å². The molecule has 0 aliphatic carbocycles. The molecule has 6 heteroatoms. The molecule has 108 valence electrons. The number of hydrogen-bond donors (Lipinski definition) is 2. The highest BCUT2D eigenvalue weighted by molar-refractivity contribution is 6.30. The number of urea groups is 1. The molecule has 0 spiro atoms. The summed E-state index contributed by atoms with van der Waals surface area (Å²) in [6.07, 6.45) is 2.29. The second kappa shape index (κ2) is 7.55. The molecule has 1 aromatic rings. The van der Waals surface area contributed by atoms with Gasteiger partial charge in [-0.15, -0.1) is 6.58 Å². The van der Waals surface area contributed by atoms with Crippen LogP contribution in [0.25, 0.3) is 0 Å². The molecule has 0 aliphatic heterocycles. The summed E-state index contributed by atoms with van der Waals surface area (Å²) in [5, 5.41) is 12.2. The number of halogens is 1. The Balaban J connectivity index is 2.88. The third-order valence-corrected chi connectivity index (χ3v) is 2.82. The summed E-state index contributed by atoms with van der Waals surface area (Å²) in [5.74, 6) is -1.09. The van der Waals surface area contributed by atoms with E-state index in [2.05, 4.69) is 11.9 Å². The van der Waals surface area contributed by atoms with Gasteiger partial charge in [-0.05, 0) is 37.6 Å². The van der Waals surface area contributed by atoms with E-state index in [1.807, 2.05) is 6.92 Å². The molecule has 20 heavy (non-hydrogen) atoms. The number of amides is 2. The van der Waals surface area contributed by atoms with E-state index in [9.17, 15) is 9.59 Å². The summed E-state index contributed by atoms with van der Waals surface area (Å²) in [5.41, 5.74) is 0.472. The quantitative estimate of drug-likeness (QED) is 0.793. The van der Waals surface area contributed by atoms with Crippen LogP contribution in [0, 0.1) is 0 Å². The Bertz CT molecular complexity index is 488. The average molecular weight is 297 g/mol. The third-order valence-electron chi connectivity index (χ3n) is 2.57. The van der Waals surface area contributed by atoms with Crippen molar-refractivity contribution in [3.05, 3.63) is 41.9 Å². The number of carboxylic acid groups (broad SMARTS) is 1. The Morgan fingerprint density at radius 1 is 1.45 bits per heavy atom. The van der Waals surface area contributed by atoms with Crippen molar-refractivity contribution in [2.45, 2.75) is 19.4 Å². The van der Waals surface area contributed by atoms with Gasteiger partial charge >= 0.3 is 12.0 Å². The van der Waals surface area contributed by atoms with E-state index in [0.717, 1.165) is 4.90 Å². The molecular formula is C14H17ClN2O3. The summed E-state index contributed by atoms with van der Waals surface area (Å²) in [6, 6.07) is 5.82. The maximum absolute atomic E-state index is 12.1. The number of nitrogens with one attached hydrogen (secondary N) is 1. The zero-order valence-corrected chi connectivity index (χ0v) is 11.9. The zero-order chi connectivity index (χ0) is 15.1. The molecule has 0 aromatic heterocycles. The molecule has 1 rings (SSSR count). The second-order valence-corrected chi connectivity index (χ2v) is 4.77.